The monoisotopic (exact) mass is 620 g/mol. The summed E-state index contributed by atoms with van der Waals surface area (Å²) in [7, 11) is 0. The number of aromatic nitrogens is 1. The maximum atomic E-state index is 14.0. The summed E-state index contributed by atoms with van der Waals surface area (Å²) in [6, 6.07) is 6.02. The van der Waals surface area contributed by atoms with Gasteiger partial charge in [-0.2, -0.15) is 0 Å². The van der Waals surface area contributed by atoms with Gasteiger partial charge in [0, 0.05) is 73.7 Å². The van der Waals surface area contributed by atoms with Crippen molar-refractivity contribution >= 4 is 17.3 Å². The largest absolute Gasteiger partial charge is 0.490 e. The second kappa shape index (κ2) is 13.4. The Morgan fingerprint density at radius 1 is 1.16 bits per heavy atom. The SMILES string of the molecule is CCN(c1cc(O[C@H]2C[C@H](N3CCC(C)CC3)C2)cc(C(O)NCc2c(C)cc(C)[nH]c2=O)c1Cl)C1CCC(F)(F)CC1. The van der Waals surface area contributed by atoms with Crippen LogP contribution in [0.2, 0.25) is 5.02 Å². The number of alkyl halides is 2. The number of pyridine rings is 1. The lowest BCUT2D eigenvalue weighted by atomic mass is 9.85. The maximum absolute atomic E-state index is 14.0. The molecule has 1 aromatic carbocycles. The van der Waals surface area contributed by atoms with E-state index in [4.69, 9.17) is 16.3 Å². The predicted octanol–water partition coefficient (Wildman–Crippen LogP) is 6.47. The van der Waals surface area contributed by atoms with E-state index in [1.54, 1.807) is 6.07 Å². The van der Waals surface area contributed by atoms with Crippen LogP contribution in [0.5, 0.6) is 5.75 Å². The van der Waals surface area contributed by atoms with Crippen LogP contribution in [0.1, 0.15) is 93.8 Å². The third-order valence-corrected chi connectivity index (χ3v) is 10.2. The summed E-state index contributed by atoms with van der Waals surface area (Å²) in [5.74, 6) is -1.23. The van der Waals surface area contributed by atoms with Crippen molar-refractivity contribution in [1.82, 2.24) is 15.2 Å². The van der Waals surface area contributed by atoms with Crippen LogP contribution < -0.4 is 20.5 Å². The number of aromatic amines is 1. The lowest BCUT2D eigenvalue weighted by molar-refractivity contribution is -0.0380. The molecule has 3 N–H and O–H groups in total. The molecule has 1 atom stereocenters. The highest BCUT2D eigenvalue weighted by molar-refractivity contribution is 6.34. The number of H-pyrrole nitrogens is 1. The Morgan fingerprint density at radius 2 is 1.84 bits per heavy atom. The van der Waals surface area contributed by atoms with Crippen LogP contribution in [0, 0.1) is 19.8 Å². The number of halogens is 3. The molecular formula is C33H47ClF2N4O3. The number of piperidine rings is 1. The van der Waals surface area contributed by atoms with Gasteiger partial charge in [0.25, 0.3) is 5.56 Å². The summed E-state index contributed by atoms with van der Waals surface area (Å²) in [4.78, 5) is 20.0. The number of nitrogens with one attached hydrogen (secondary N) is 2. The highest BCUT2D eigenvalue weighted by Crippen LogP contribution is 2.43. The van der Waals surface area contributed by atoms with Gasteiger partial charge in [-0.1, -0.05) is 18.5 Å². The van der Waals surface area contributed by atoms with Gasteiger partial charge in [-0.05, 0) is 83.2 Å². The molecule has 3 aliphatic rings. The van der Waals surface area contributed by atoms with Crippen LogP contribution in [-0.4, -0.2) is 58.7 Å². The number of likely N-dealkylation sites (tertiary alicyclic amines) is 1. The van der Waals surface area contributed by atoms with E-state index in [0.717, 1.165) is 43.1 Å². The van der Waals surface area contributed by atoms with Crippen LogP contribution in [0.25, 0.3) is 0 Å². The summed E-state index contributed by atoms with van der Waals surface area (Å²) < 4.78 is 34.5. The van der Waals surface area contributed by atoms with Crippen LogP contribution in [0.3, 0.4) is 0 Å². The molecule has 1 aliphatic heterocycles. The summed E-state index contributed by atoms with van der Waals surface area (Å²) in [5, 5.41) is 14.8. The van der Waals surface area contributed by atoms with Gasteiger partial charge in [0.1, 0.15) is 18.1 Å². The van der Waals surface area contributed by atoms with Crippen molar-refractivity contribution in [3.63, 3.8) is 0 Å². The Hall–Kier alpha value is -2.20. The minimum absolute atomic E-state index is 0.0635. The zero-order valence-corrected chi connectivity index (χ0v) is 26.7. The lowest BCUT2D eigenvalue weighted by Crippen LogP contribution is -2.51. The Balaban J connectivity index is 1.36. The second-order valence-electron chi connectivity index (χ2n) is 13.0. The van der Waals surface area contributed by atoms with Gasteiger partial charge in [0.15, 0.2) is 0 Å². The van der Waals surface area contributed by atoms with E-state index >= 15 is 0 Å². The van der Waals surface area contributed by atoms with Gasteiger partial charge in [0.2, 0.25) is 5.92 Å². The van der Waals surface area contributed by atoms with Crippen LogP contribution in [-0.2, 0) is 6.54 Å². The van der Waals surface area contributed by atoms with Crippen molar-refractivity contribution in [3.05, 3.63) is 56.0 Å². The van der Waals surface area contributed by atoms with E-state index in [1.807, 2.05) is 32.9 Å². The minimum Gasteiger partial charge on any atom is -0.490 e. The molecule has 0 radical (unpaired) electrons. The van der Waals surface area contributed by atoms with E-state index in [-0.39, 0.29) is 37.1 Å². The molecule has 5 rings (SSSR count). The molecule has 43 heavy (non-hydrogen) atoms. The highest BCUT2D eigenvalue weighted by Gasteiger charge is 2.39. The standard InChI is InChI=1S/C33H47ClF2N4O3/c1-5-40(23-6-10-33(35,36)11-7-23)29-18-26(43-25-15-24(16-25)39-12-8-20(2)9-13-39)17-27(30(29)34)31(41)37-19-28-21(3)14-22(4)38-32(28)42/h14,17-18,20,23-25,31,37,41H,5-13,15-16,19H2,1-4H3,(H,38,42)/t24-,25-,31?. The number of aliphatic hydroxyl groups is 1. The lowest BCUT2D eigenvalue weighted by Gasteiger charge is -2.45. The Morgan fingerprint density at radius 3 is 2.47 bits per heavy atom. The van der Waals surface area contributed by atoms with E-state index in [0.29, 0.717) is 53.0 Å². The maximum Gasteiger partial charge on any atom is 0.252 e. The van der Waals surface area contributed by atoms with E-state index in [9.17, 15) is 18.7 Å². The topological polar surface area (TPSA) is 80.8 Å². The number of aryl methyl sites for hydroxylation is 2. The van der Waals surface area contributed by atoms with Crippen molar-refractivity contribution < 1.29 is 18.6 Å². The van der Waals surface area contributed by atoms with Crippen molar-refractivity contribution in [2.75, 3.05) is 24.5 Å². The minimum atomic E-state index is -2.63. The van der Waals surface area contributed by atoms with E-state index < -0.39 is 12.2 Å². The number of anilines is 1. The summed E-state index contributed by atoms with van der Waals surface area (Å²) in [6.07, 6.45) is 3.71. The molecule has 238 valence electrons. The fourth-order valence-electron chi connectivity index (χ4n) is 6.97. The number of ether oxygens (including phenoxy) is 1. The highest BCUT2D eigenvalue weighted by atomic mass is 35.5. The van der Waals surface area contributed by atoms with E-state index in [1.165, 1.54) is 12.8 Å². The Bertz CT molecular complexity index is 1310. The zero-order chi connectivity index (χ0) is 30.9. The van der Waals surface area contributed by atoms with Gasteiger partial charge in [0.05, 0.1) is 10.7 Å². The van der Waals surface area contributed by atoms with Crippen LogP contribution >= 0.6 is 11.6 Å². The summed E-state index contributed by atoms with van der Waals surface area (Å²) >= 11 is 6.99. The molecule has 0 spiro atoms. The summed E-state index contributed by atoms with van der Waals surface area (Å²) in [5.41, 5.74) is 3.07. The fourth-order valence-corrected chi connectivity index (χ4v) is 7.29. The molecular weight excluding hydrogens is 574 g/mol. The molecule has 3 fully saturated rings. The molecule has 1 aromatic heterocycles. The molecule has 1 saturated heterocycles. The number of hydrogen-bond donors (Lipinski definition) is 3. The number of benzene rings is 1. The summed E-state index contributed by atoms with van der Waals surface area (Å²) in [6.45, 7) is 11.0. The predicted molar refractivity (Wildman–Crippen MR) is 167 cm³/mol. The second-order valence-corrected chi connectivity index (χ2v) is 13.4. The molecule has 2 saturated carbocycles. The average Bonchev–Trinajstić information content (AvgIpc) is 2.93. The molecule has 7 nitrogen and oxygen atoms in total. The van der Waals surface area contributed by atoms with Gasteiger partial charge in [-0.3, -0.25) is 10.1 Å². The van der Waals surface area contributed by atoms with Crippen LogP contribution in [0.4, 0.5) is 14.5 Å². The first kappa shape index (κ1) is 32.2. The van der Waals surface area contributed by atoms with Gasteiger partial charge in [-0.15, -0.1) is 0 Å². The number of rotatable bonds is 10. The smallest absolute Gasteiger partial charge is 0.252 e. The molecule has 2 aliphatic carbocycles. The number of nitrogens with zero attached hydrogens (tertiary/aromatic N) is 2. The van der Waals surface area contributed by atoms with Crippen molar-refractivity contribution in [2.24, 2.45) is 5.92 Å². The molecule has 0 bridgehead atoms. The molecule has 10 heteroatoms. The Labute approximate surface area is 258 Å². The van der Waals surface area contributed by atoms with Gasteiger partial charge in [-0.25, -0.2) is 8.78 Å². The third kappa shape index (κ3) is 7.55. The molecule has 2 heterocycles. The Kier molecular flexibility index (Phi) is 10.1. The van der Waals surface area contributed by atoms with E-state index in [2.05, 4.69) is 27.0 Å². The van der Waals surface area contributed by atoms with Crippen molar-refractivity contribution in [3.8, 4) is 5.75 Å². The van der Waals surface area contributed by atoms with Crippen LogP contribution in [0.15, 0.2) is 23.0 Å². The normalized spacial score (nSPS) is 24.0. The van der Waals surface area contributed by atoms with Crippen molar-refractivity contribution in [2.45, 2.75) is 116 Å². The van der Waals surface area contributed by atoms with Gasteiger partial charge < -0.3 is 24.6 Å². The first-order valence-corrected chi connectivity index (χ1v) is 16.3. The molecule has 2 aromatic rings. The fraction of sp³-hybridized carbons (Fsp3) is 0.667. The quantitative estimate of drug-likeness (QED) is 0.264. The molecule has 0 amide bonds. The third-order valence-electron chi connectivity index (χ3n) is 9.80. The van der Waals surface area contributed by atoms with Crippen molar-refractivity contribution in [1.29, 1.82) is 0 Å². The number of hydrogen-bond acceptors (Lipinski definition) is 6. The first-order chi connectivity index (χ1) is 20.4. The molecule has 1 unspecified atom stereocenters. The zero-order valence-electron chi connectivity index (χ0n) is 25.9. The average molecular weight is 621 g/mol. The first-order valence-electron chi connectivity index (χ1n) is 15.9. The number of aliphatic hydroxyl groups excluding tert-OH is 1. The van der Waals surface area contributed by atoms with Gasteiger partial charge >= 0.3 is 0 Å².